The third-order valence-corrected chi connectivity index (χ3v) is 5.41. The number of para-hydroxylation sites is 2. The lowest BCUT2D eigenvalue weighted by Crippen LogP contribution is -3.15. The summed E-state index contributed by atoms with van der Waals surface area (Å²) in [7, 11) is 0. The van der Waals surface area contributed by atoms with Gasteiger partial charge in [0.2, 0.25) is 0 Å². The summed E-state index contributed by atoms with van der Waals surface area (Å²) in [5.74, 6) is 0.343. The van der Waals surface area contributed by atoms with Gasteiger partial charge in [-0.15, -0.1) is 0 Å². The molecule has 132 valence electrons. The summed E-state index contributed by atoms with van der Waals surface area (Å²) in [5, 5.41) is 12.9. The number of aryl methyl sites for hydroxylation is 1. The molecule has 3 N–H and O–H groups in total. The Hall–Kier alpha value is -2.05. The normalized spacial score (nSPS) is 15.2. The lowest BCUT2D eigenvalue weighted by Gasteiger charge is -2.33. The quantitative estimate of drug-likeness (QED) is 0.728. The van der Waals surface area contributed by atoms with E-state index in [1.807, 2.05) is 43.3 Å². The van der Waals surface area contributed by atoms with Gasteiger partial charge >= 0.3 is 0 Å². The van der Waals surface area contributed by atoms with Crippen LogP contribution in [0.4, 0.5) is 11.4 Å². The molecule has 0 bridgehead atoms. The van der Waals surface area contributed by atoms with Gasteiger partial charge in [-0.2, -0.15) is 0 Å². The zero-order chi connectivity index (χ0) is 17.8. The topological polar surface area (TPSA) is 57.0 Å². The van der Waals surface area contributed by atoms with Crippen molar-refractivity contribution in [3.63, 3.8) is 0 Å². The molecule has 0 unspecified atom stereocenters. The summed E-state index contributed by atoms with van der Waals surface area (Å²) in [4.78, 5) is 15.7. The van der Waals surface area contributed by atoms with Crippen molar-refractivity contribution >= 4 is 33.2 Å². The molecule has 1 fully saturated rings. The maximum Gasteiger partial charge on any atom is 0.279 e. The van der Waals surface area contributed by atoms with Gasteiger partial charge in [-0.1, -0.05) is 34.1 Å². The van der Waals surface area contributed by atoms with Gasteiger partial charge in [-0.3, -0.25) is 4.79 Å². The Morgan fingerprint density at radius 2 is 1.96 bits per heavy atom. The number of hydrogen-bond acceptors (Lipinski definition) is 3. The Morgan fingerprint density at radius 1 is 1.24 bits per heavy atom. The average molecular weight is 405 g/mol. The number of aromatic hydroxyl groups is 1. The summed E-state index contributed by atoms with van der Waals surface area (Å²) in [6.45, 7) is 5.88. The standard InChI is InChI=1S/C19H22BrN3O2/c1-14-6-7-15(12-16(14)20)21-19(25)13-22-8-10-23(11-9-22)17-4-2-3-5-18(17)24/h2-7,12,24H,8-11,13H2,1H3,(H,21,25)/p+1. The number of piperazine rings is 1. The predicted molar refractivity (Wildman–Crippen MR) is 103 cm³/mol. The van der Waals surface area contributed by atoms with E-state index in [1.165, 1.54) is 4.90 Å². The Balaban J connectivity index is 1.51. The van der Waals surface area contributed by atoms with E-state index in [4.69, 9.17) is 0 Å². The highest BCUT2D eigenvalue weighted by Gasteiger charge is 2.23. The number of nitrogens with one attached hydrogen (secondary N) is 2. The summed E-state index contributed by atoms with van der Waals surface area (Å²) >= 11 is 3.49. The summed E-state index contributed by atoms with van der Waals surface area (Å²) in [6.07, 6.45) is 0. The number of carbonyl (C=O) groups excluding carboxylic acids is 1. The average Bonchev–Trinajstić information content (AvgIpc) is 2.59. The van der Waals surface area contributed by atoms with Crippen LogP contribution in [0.2, 0.25) is 0 Å². The second-order valence-electron chi connectivity index (χ2n) is 6.41. The smallest absolute Gasteiger partial charge is 0.279 e. The fraction of sp³-hybridized carbons (Fsp3) is 0.316. The third-order valence-electron chi connectivity index (χ3n) is 4.56. The number of quaternary nitrogens is 1. The number of anilines is 2. The predicted octanol–water partition coefficient (Wildman–Crippen LogP) is 1.81. The Labute approximate surface area is 156 Å². The van der Waals surface area contributed by atoms with Crippen molar-refractivity contribution in [3.8, 4) is 5.75 Å². The van der Waals surface area contributed by atoms with E-state index in [0.29, 0.717) is 12.3 Å². The summed E-state index contributed by atoms with van der Waals surface area (Å²) in [6, 6.07) is 13.2. The number of amides is 1. The number of hydrogen-bond donors (Lipinski definition) is 3. The molecular formula is C19H23BrN3O2+. The highest BCUT2D eigenvalue weighted by Crippen LogP contribution is 2.26. The van der Waals surface area contributed by atoms with E-state index in [-0.39, 0.29) is 5.91 Å². The molecule has 2 aromatic carbocycles. The maximum atomic E-state index is 12.3. The lowest BCUT2D eigenvalue weighted by molar-refractivity contribution is -0.892. The SMILES string of the molecule is Cc1ccc(NC(=O)C[NH+]2CCN(c3ccccc3O)CC2)cc1Br. The van der Waals surface area contributed by atoms with Gasteiger partial charge in [0.15, 0.2) is 6.54 Å². The van der Waals surface area contributed by atoms with Crippen LogP contribution in [-0.4, -0.2) is 43.7 Å². The minimum Gasteiger partial charge on any atom is -0.506 e. The van der Waals surface area contributed by atoms with Gasteiger partial charge in [0.05, 0.1) is 31.9 Å². The van der Waals surface area contributed by atoms with Gasteiger partial charge in [-0.25, -0.2) is 0 Å². The van der Waals surface area contributed by atoms with Crippen molar-refractivity contribution < 1.29 is 14.8 Å². The fourth-order valence-electron chi connectivity index (χ4n) is 3.08. The van der Waals surface area contributed by atoms with Crippen LogP contribution in [0.3, 0.4) is 0 Å². The molecule has 0 aliphatic carbocycles. The molecule has 1 amide bonds. The van der Waals surface area contributed by atoms with E-state index in [2.05, 4.69) is 26.1 Å². The van der Waals surface area contributed by atoms with Crippen LogP contribution in [0, 0.1) is 6.92 Å². The second-order valence-corrected chi connectivity index (χ2v) is 7.27. The van der Waals surface area contributed by atoms with Crippen LogP contribution in [0.25, 0.3) is 0 Å². The number of phenolic OH excluding ortho intramolecular Hbond substituents is 1. The first-order chi connectivity index (χ1) is 12.0. The molecule has 1 aliphatic rings. The van der Waals surface area contributed by atoms with Crippen molar-refractivity contribution in [2.75, 3.05) is 42.9 Å². The number of benzene rings is 2. The van der Waals surface area contributed by atoms with E-state index >= 15 is 0 Å². The van der Waals surface area contributed by atoms with Crippen molar-refractivity contribution in [2.24, 2.45) is 0 Å². The molecule has 3 rings (SSSR count). The summed E-state index contributed by atoms with van der Waals surface area (Å²) < 4.78 is 0.994. The second kappa shape index (κ2) is 7.89. The van der Waals surface area contributed by atoms with Crippen LogP contribution in [0.15, 0.2) is 46.9 Å². The highest BCUT2D eigenvalue weighted by molar-refractivity contribution is 9.10. The molecule has 0 aromatic heterocycles. The minimum absolute atomic E-state index is 0.0294. The third kappa shape index (κ3) is 4.52. The van der Waals surface area contributed by atoms with Gasteiger partial charge in [0.1, 0.15) is 5.75 Å². The largest absolute Gasteiger partial charge is 0.506 e. The van der Waals surface area contributed by atoms with E-state index in [9.17, 15) is 9.90 Å². The molecule has 25 heavy (non-hydrogen) atoms. The molecule has 0 atom stereocenters. The van der Waals surface area contributed by atoms with Crippen LogP contribution in [0.5, 0.6) is 5.75 Å². The molecule has 0 spiro atoms. The zero-order valence-corrected chi connectivity index (χ0v) is 15.8. The number of phenols is 1. The zero-order valence-electron chi connectivity index (χ0n) is 14.3. The maximum absolute atomic E-state index is 12.3. The molecule has 1 heterocycles. The number of carbonyl (C=O) groups is 1. The molecular weight excluding hydrogens is 382 g/mol. The molecule has 6 heteroatoms. The Kier molecular flexibility index (Phi) is 5.60. The van der Waals surface area contributed by atoms with E-state index in [0.717, 1.165) is 47.6 Å². The molecule has 1 saturated heterocycles. The monoisotopic (exact) mass is 404 g/mol. The minimum atomic E-state index is 0.0294. The van der Waals surface area contributed by atoms with Crippen molar-refractivity contribution in [1.29, 1.82) is 0 Å². The molecule has 0 saturated carbocycles. The van der Waals surface area contributed by atoms with Crippen LogP contribution in [-0.2, 0) is 4.79 Å². The lowest BCUT2D eigenvalue weighted by atomic mass is 10.2. The van der Waals surface area contributed by atoms with Crippen molar-refractivity contribution in [3.05, 3.63) is 52.5 Å². The number of nitrogens with zero attached hydrogens (tertiary/aromatic N) is 1. The molecule has 0 radical (unpaired) electrons. The Bertz CT molecular complexity index is 758. The van der Waals surface area contributed by atoms with Gasteiger partial charge in [0, 0.05) is 10.2 Å². The molecule has 5 nitrogen and oxygen atoms in total. The van der Waals surface area contributed by atoms with Crippen LogP contribution >= 0.6 is 15.9 Å². The van der Waals surface area contributed by atoms with Crippen molar-refractivity contribution in [2.45, 2.75) is 6.92 Å². The number of rotatable bonds is 4. The summed E-state index contributed by atoms with van der Waals surface area (Å²) in [5.41, 5.74) is 2.83. The molecule has 1 aliphatic heterocycles. The highest BCUT2D eigenvalue weighted by atomic mass is 79.9. The van der Waals surface area contributed by atoms with Gasteiger partial charge < -0.3 is 20.2 Å². The van der Waals surface area contributed by atoms with Crippen molar-refractivity contribution in [1.82, 2.24) is 0 Å². The van der Waals surface area contributed by atoms with E-state index < -0.39 is 0 Å². The van der Waals surface area contributed by atoms with Gasteiger partial charge in [-0.05, 0) is 36.8 Å². The van der Waals surface area contributed by atoms with Crippen LogP contribution < -0.4 is 15.1 Å². The first-order valence-corrected chi connectivity index (χ1v) is 9.25. The molecule has 2 aromatic rings. The first-order valence-electron chi connectivity index (χ1n) is 8.45. The Morgan fingerprint density at radius 3 is 2.64 bits per heavy atom. The van der Waals surface area contributed by atoms with E-state index in [1.54, 1.807) is 6.07 Å². The fourth-order valence-corrected chi connectivity index (χ4v) is 3.45. The van der Waals surface area contributed by atoms with Crippen LogP contribution in [0.1, 0.15) is 5.56 Å². The first kappa shape index (κ1) is 17.8. The number of halogens is 1. The van der Waals surface area contributed by atoms with Gasteiger partial charge in [0.25, 0.3) is 5.91 Å².